The molecule has 1 aromatic carbocycles. The third-order valence-corrected chi connectivity index (χ3v) is 4.63. The second-order valence-corrected chi connectivity index (χ2v) is 6.51. The highest BCUT2D eigenvalue weighted by Gasteiger charge is 2.39. The smallest absolute Gasteiger partial charge is 0.319 e. The highest BCUT2D eigenvalue weighted by atomic mass is 16.5. The number of nitrogens with zero attached hydrogens (tertiary/aromatic N) is 2. The molecule has 1 aromatic heterocycles. The Balaban J connectivity index is 1.46. The number of benzene rings is 1. The van der Waals surface area contributed by atoms with Gasteiger partial charge in [0.2, 0.25) is 11.8 Å². The van der Waals surface area contributed by atoms with E-state index in [-0.39, 0.29) is 18.0 Å². The Morgan fingerprint density at radius 2 is 2.12 bits per heavy atom. The fourth-order valence-electron chi connectivity index (χ4n) is 3.25. The van der Waals surface area contributed by atoms with Crippen molar-refractivity contribution in [3.05, 3.63) is 30.3 Å². The minimum atomic E-state index is -0.326. The number of anilines is 1. The van der Waals surface area contributed by atoms with E-state index in [2.05, 4.69) is 15.6 Å². The van der Waals surface area contributed by atoms with Gasteiger partial charge in [0.1, 0.15) is 0 Å². The van der Waals surface area contributed by atoms with E-state index < -0.39 is 0 Å². The first-order valence-electron chi connectivity index (χ1n) is 8.45. The third kappa shape index (κ3) is 3.22. The lowest BCUT2D eigenvalue weighted by Crippen LogP contribution is -2.40. The van der Waals surface area contributed by atoms with Crippen LogP contribution < -0.4 is 15.4 Å². The standard InChI is InChI=1S/C18H20N4O3/c1-25-15-8-5-11-3-2-4-14(17(11)21-15)20-18(24)19-12-9-16(23)22(10-12)13-6-7-13/h2-5,8,12-13H,6-7,9-10H2,1H3,(H2,19,20,24)/t12-/m0/s1. The van der Waals surface area contributed by atoms with Crippen LogP contribution in [0.25, 0.3) is 10.9 Å². The van der Waals surface area contributed by atoms with E-state index in [0.717, 1.165) is 18.2 Å². The van der Waals surface area contributed by atoms with Crippen LogP contribution in [0.3, 0.4) is 0 Å². The number of likely N-dealkylation sites (tertiary alicyclic amines) is 1. The molecule has 0 bridgehead atoms. The molecule has 1 aliphatic heterocycles. The Bertz CT molecular complexity index is 834. The highest BCUT2D eigenvalue weighted by molar-refractivity contribution is 6.00. The summed E-state index contributed by atoms with van der Waals surface area (Å²) >= 11 is 0. The van der Waals surface area contributed by atoms with Gasteiger partial charge in [0.25, 0.3) is 0 Å². The highest BCUT2D eigenvalue weighted by Crippen LogP contribution is 2.30. The van der Waals surface area contributed by atoms with Gasteiger partial charge < -0.3 is 20.3 Å². The maximum atomic E-state index is 12.4. The second kappa shape index (κ2) is 6.23. The van der Waals surface area contributed by atoms with Gasteiger partial charge in [-0.05, 0) is 25.0 Å². The number of hydrogen-bond donors (Lipinski definition) is 2. The summed E-state index contributed by atoms with van der Waals surface area (Å²) in [5.41, 5.74) is 1.27. The summed E-state index contributed by atoms with van der Waals surface area (Å²) in [7, 11) is 1.56. The fraction of sp³-hybridized carbons (Fsp3) is 0.389. The topological polar surface area (TPSA) is 83.6 Å². The number of carbonyl (C=O) groups is 2. The predicted octanol–water partition coefficient (Wildman–Crippen LogP) is 2.13. The number of carbonyl (C=O) groups excluding carboxylic acids is 2. The third-order valence-electron chi connectivity index (χ3n) is 4.63. The van der Waals surface area contributed by atoms with E-state index in [1.165, 1.54) is 0 Å². The van der Waals surface area contributed by atoms with Crippen LogP contribution in [0.2, 0.25) is 0 Å². The van der Waals surface area contributed by atoms with Crippen molar-refractivity contribution in [3.8, 4) is 5.88 Å². The Kier molecular flexibility index (Phi) is 3.91. The molecule has 1 aliphatic carbocycles. The number of amides is 3. The molecule has 2 heterocycles. The first-order chi connectivity index (χ1) is 12.1. The normalized spacial score (nSPS) is 20.0. The summed E-state index contributed by atoms with van der Waals surface area (Å²) in [5, 5.41) is 6.64. The number of aromatic nitrogens is 1. The number of urea groups is 1. The van der Waals surface area contributed by atoms with Gasteiger partial charge >= 0.3 is 6.03 Å². The minimum Gasteiger partial charge on any atom is -0.481 e. The van der Waals surface area contributed by atoms with Gasteiger partial charge in [-0.1, -0.05) is 12.1 Å². The van der Waals surface area contributed by atoms with Crippen LogP contribution in [-0.2, 0) is 4.79 Å². The lowest BCUT2D eigenvalue weighted by Gasteiger charge is -2.16. The van der Waals surface area contributed by atoms with E-state index in [4.69, 9.17) is 4.74 Å². The van der Waals surface area contributed by atoms with Gasteiger partial charge in [-0.2, -0.15) is 0 Å². The molecule has 3 amide bonds. The predicted molar refractivity (Wildman–Crippen MR) is 93.6 cm³/mol. The number of hydrogen-bond acceptors (Lipinski definition) is 4. The maximum absolute atomic E-state index is 12.4. The first-order valence-corrected chi connectivity index (χ1v) is 8.45. The lowest BCUT2D eigenvalue weighted by molar-refractivity contribution is -0.128. The molecule has 2 aromatic rings. The summed E-state index contributed by atoms with van der Waals surface area (Å²) in [5.74, 6) is 0.619. The van der Waals surface area contributed by atoms with Crippen LogP contribution in [0, 0.1) is 0 Å². The van der Waals surface area contributed by atoms with Gasteiger partial charge in [-0.3, -0.25) is 4.79 Å². The number of fused-ring (bicyclic) bond motifs is 1. The van der Waals surface area contributed by atoms with Gasteiger partial charge in [0, 0.05) is 30.5 Å². The van der Waals surface area contributed by atoms with Crippen molar-refractivity contribution in [2.75, 3.05) is 19.0 Å². The van der Waals surface area contributed by atoms with Gasteiger partial charge in [-0.25, -0.2) is 9.78 Å². The molecule has 25 heavy (non-hydrogen) atoms. The van der Waals surface area contributed by atoms with Gasteiger partial charge in [0.15, 0.2) is 0 Å². The van der Waals surface area contributed by atoms with Crippen molar-refractivity contribution in [2.24, 2.45) is 0 Å². The zero-order chi connectivity index (χ0) is 17.4. The molecule has 0 spiro atoms. The van der Waals surface area contributed by atoms with Crippen LogP contribution in [0.5, 0.6) is 5.88 Å². The Labute approximate surface area is 145 Å². The molecule has 130 valence electrons. The number of rotatable bonds is 4. The Hall–Kier alpha value is -2.83. The summed E-state index contributed by atoms with van der Waals surface area (Å²) in [6, 6.07) is 9.17. The van der Waals surface area contributed by atoms with E-state index >= 15 is 0 Å². The van der Waals surface area contributed by atoms with Crippen LogP contribution in [0.1, 0.15) is 19.3 Å². The lowest BCUT2D eigenvalue weighted by atomic mass is 10.2. The zero-order valence-corrected chi connectivity index (χ0v) is 14.0. The van der Waals surface area contributed by atoms with Gasteiger partial charge in [-0.15, -0.1) is 0 Å². The average molecular weight is 340 g/mol. The van der Waals surface area contributed by atoms with Crippen LogP contribution in [0.4, 0.5) is 10.5 Å². The summed E-state index contributed by atoms with van der Waals surface area (Å²) in [6.45, 7) is 0.596. The van der Waals surface area contributed by atoms with Crippen molar-refractivity contribution >= 4 is 28.5 Å². The SMILES string of the molecule is COc1ccc2cccc(NC(=O)N[C@H]3CC(=O)N(C4CC4)C3)c2n1. The van der Waals surface area contributed by atoms with Crippen molar-refractivity contribution in [1.82, 2.24) is 15.2 Å². The van der Waals surface area contributed by atoms with Crippen LogP contribution in [-0.4, -0.2) is 47.6 Å². The molecule has 1 saturated carbocycles. The van der Waals surface area contributed by atoms with Crippen molar-refractivity contribution < 1.29 is 14.3 Å². The monoisotopic (exact) mass is 340 g/mol. The van der Waals surface area contributed by atoms with Crippen molar-refractivity contribution in [3.63, 3.8) is 0 Å². The number of nitrogens with one attached hydrogen (secondary N) is 2. The Morgan fingerprint density at radius 1 is 1.28 bits per heavy atom. The number of methoxy groups -OCH3 is 1. The number of ether oxygens (including phenoxy) is 1. The quantitative estimate of drug-likeness (QED) is 0.893. The molecular formula is C18H20N4O3. The molecule has 1 atom stereocenters. The van der Waals surface area contributed by atoms with Gasteiger partial charge in [0.05, 0.1) is 24.4 Å². The molecule has 0 radical (unpaired) electrons. The average Bonchev–Trinajstić information content (AvgIpc) is 3.38. The van der Waals surface area contributed by atoms with E-state index in [9.17, 15) is 9.59 Å². The molecule has 4 rings (SSSR count). The van der Waals surface area contributed by atoms with E-state index in [0.29, 0.717) is 36.1 Å². The molecule has 2 N–H and O–H groups in total. The molecular weight excluding hydrogens is 320 g/mol. The van der Waals surface area contributed by atoms with Crippen LogP contribution >= 0.6 is 0 Å². The maximum Gasteiger partial charge on any atom is 0.319 e. The number of para-hydroxylation sites is 1. The van der Waals surface area contributed by atoms with Crippen molar-refractivity contribution in [1.29, 1.82) is 0 Å². The van der Waals surface area contributed by atoms with E-state index in [1.54, 1.807) is 19.2 Å². The van der Waals surface area contributed by atoms with Crippen molar-refractivity contribution in [2.45, 2.75) is 31.3 Å². The summed E-state index contributed by atoms with van der Waals surface area (Å²) < 4.78 is 5.16. The molecule has 2 fully saturated rings. The molecule has 0 unspecified atom stereocenters. The largest absolute Gasteiger partial charge is 0.481 e. The first kappa shape index (κ1) is 15.7. The molecule has 2 aliphatic rings. The molecule has 7 heteroatoms. The van der Waals surface area contributed by atoms with E-state index in [1.807, 2.05) is 23.1 Å². The summed E-state index contributed by atoms with van der Waals surface area (Å²) in [4.78, 5) is 30.6. The minimum absolute atomic E-state index is 0.129. The summed E-state index contributed by atoms with van der Waals surface area (Å²) in [6.07, 6.45) is 2.52. The van der Waals surface area contributed by atoms with Crippen LogP contribution in [0.15, 0.2) is 30.3 Å². The molecule has 7 nitrogen and oxygen atoms in total. The Morgan fingerprint density at radius 3 is 2.88 bits per heavy atom. The molecule has 1 saturated heterocycles. The zero-order valence-electron chi connectivity index (χ0n) is 14.0. The fourth-order valence-corrected chi connectivity index (χ4v) is 3.25. The number of pyridine rings is 1. The second-order valence-electron chi connectivity index (χ2n) is 6.51.